The summed E-state index contributed by atoms with van der Waals surface area (Å²) >= 11 is 0. The molecule has 5 nitrogen and oxygen atoms in total. The van der Waals surface area contributed by atoms with Gasteiger partial charge in [-0.2, -0.15) is 0 Å². The van der Waals surface area contributed by atoms with E-state index in [2.05, 4.69) is 10.1 Å². The van der Waals surface area contributed by atoms with Gasteiger partial charge >= 0.3 is 0 Å². The lowest BCUT2D eigenvalue weighted by Gasteiger charge is -2.33. The highest BCUT2D eigenvalue weighted by Gasteiger charge is 2.19. The van der Waals surface area contributed by atoms with Crippen LogP contribution in [0.2, 0.25) is 0 Å². The van der Waals surface area contributed by atoms with E-state index in [0.717, 1.165) is 44.2 Å². The molecule has 1 aromatic rings. The van der Waals surface area contributed by atoms with Crippen LogP contribution in [0.25, 0.3) is 0 Å². The zero-order valence-electron chi connectivity index (χ0n) is 9.77. The van der Waals surface area contributed by atoms with Crippen LogP contribution in [0.3, 0.4) is 0 Å². The fourth-order valence-corrected chi connectivity index (χ4v) is 1.94. The number of amides is 1. The van der Waals surface area contributed by atoms with Gasteiger partial charge in [0.15, 0.2) is 0 Å². The highest BCUT2D eigenvalue weighted by atomic mass is 16.5. The van der Waals surface area contributed by atoms with Gasteiger partial charge in [-0.1, -0.05) is 5.16 Å². The van der Waals surface area contributed by atoms with Crippen molar-refractivity contribution in [3.05, 3.63) is 17.5 Å². The molecule has 0 aliphatic carbocycles. The molecule has 2 heterocycles. The van der Waals surface area contributed by atoms with E-state index in [0.29, 0.717) is 0 Å². The highest BCUT2D eigenvalue weighted by Crippen LogP contribution is 2.08. The molecule has 0 N–H and O–H groups in total. The van der Waals surface area contributed by atoms with Crippen LogP contribution in [-0.4, -0.2) is 47.0 Å². The van der Waals surface area contributed by atoms with E-state index in [4.69, 9.17) is 4.52 Å². The molecule has 16 heavy (non-hydrogen) atoms. The number of hydrogen-bond donors (Lipinski definition) is 0. The second-order valence-corrected chi connectivity index (χ2v) is 4.21. The summed E-state index contributed by atoms with van der Waals surface area (Å²) < 4.78 is 5.02. The van der Waals surface area contributed by atoms with Gasteiger partial charge in [0.1, 0.15) is 5.76 Å². The normalized spacial score (nSPS) is 17.8. The largest absolute Gasteiger partial charge is 0.361 e. The predicted octanol–water partition coefficient (Wildman–Crippen LogP) is 0.647. The zero-order valence-corrected chi connectivity index (χ0v) is 9.77. The maximum atomic E-state index is 11.1. The van der Waals surface area contributed by atoms with Crippen molar-refractivity contribution < 1.29 is 9.32 Å². The number of carbonyl (C=O) groups excluding carboxylic acids is 1. The lowest BCUT2D eigenvalue weighted by molar-refractivity contribution is -0.130. The molecule has 0 radical (unpaired) electrons. The Bertz CT molecular complexity index is 367. The summed E-state index contributed by atoms with van der Waals surface area (Å²) in [7, 11) is 0. The van der Waals surface area contributed by atoms with Crippen molar-refractivity contribution >= 4 is 5.91 Å². The minimum atomic E-state index is 0.164. The van der Waals surface area contributed by atoms with Crippen LogP contribution >= 0.6 is 0 Å². The van der Waals surface area contributed by atoms with Crippen LogP contribution in [0.1, 0.15) is 18.4 Å². The second kappa shape index (κ2) is 4.65. The number of carbonyl (C=O) groups is 1. The van der Waals surface area contributed by atoms with Crippen LogP contribution in [0.4, 0.5) is 0 Å². The fourth-order valence-electron chi connectivity index (χ4n) is 1.94. The van der Waals surface area contributed by atoms with Crippen LogP contribution in [0, 0.1) is 6.92 Å². The molecule has 2 rings (SSSR count). The minimum absolute atomic E-state index is 0.164. The number of aromatic nitrogens is 1. The van der Waals surface area contributed by atoms with Gasteiger partial charge in [0.2, 0.25) is 5.91 Å². The van der Waals surface area contributed by atoms with E-state index in [-0.39, 0.29) is 5.91 Å². The summed E-state index contributed by atoms with van der Waals surface area (Å²) in [6, 6.07) is 1.96. The molecular weight excluding hydrogens is 206 g/mol. The minimum Gasteiger partial charge on any atom is -0.361 e. The van der Waals surface area contributed by atoms with Crippen molar-refractivity contribution in [1.29, 1.82) is 0 Å². The SMILES string of the molecule is CC(=O)N1CCN(Cc2cc(C)on2)CC1. The maximum Gasteiger partial charge on any atom is 0.219 e. The van der Waals surface area contributed by atoms with Gasteiger partial charge in [0, 0.05) is 45.7 Å². The van der Waals surface area contributed by atoms with Crippen molar-refractivity contribution in [3.63, 3.8) is 0 Å². The average Bonchev–Trinajstić information content (AvgIpc) is 2.65. The van der Waals surface area contributed by atoms with E-state index in [9.17, 15) is 4.79 Å². The standard InChI is InChI=1S/C11H17N3O2/c1-9-7-11(12-16-9)8-13-3-5-14(6-4-13)10(2)15/h7H,3-6,8H2,1-2H3. The van der Waals surface area contributed by atoms with Crippen molar-refractivity contribution in [2.45, 2.75) is 20.4 Å². The molecule has 0 aromatic carbocycles. The molecule has 1 saturated heterocycles. The van der Waals surface area contributed by atoms with Gasteiger partial charge in [-0.05, 0) is 6.92 Å². The third-order valence-corrected chi connectivity index (χ3v) is 2.88. The number of rotatable bonds is 2. The third-order valence-electron chi connectivity index (χ3n) is 2.88. The molecule has 1 aliphatic rings. The number of nitrogens with zero attached hydrogens (tertiary/aromatic N) is 3. The summed E-state index contributed by atoms with van der Waals surface area (Å²) in [5.41, 5.74) is 0.966. The number of aryl methyl sites for hydroxylation is 1. The Morgan fingerprint density at radius 3 is 2.62 bits per heavy atom. The molecule has 1 aliphatic heterocycles. The first kappa shape index (κ1) is 11.1. The van der Waals surface area contributed by atoms with Crippen molar-refractivity contribution in [2.24, 2.45) is 0 Å². The van der Waals surface area contributed by atoms with E-state index in [1.807, 2.05) is 17.9 Å². The van der Waals surface area contributed by atoms with Crippen molar-refractivity contribution in [2.75, 3.05) is 26.2 Å². The zero-order chi connectivity index (χ0) is 11.5. The molecule has 0 bridgehead atoms. The number of hydrogen-bond acceptors (Lipinski definition) is 4. The van der Waals surface area contributed by atoms with Crippen molar-refractivity contribution in [1.82, 2.24) is 15.0 Å². The Kier molecular flexibility index (Phi) is 3.24. The van der Waals surface area contributed by atoms with Gasteiger partial charge in [0.25, 0.3) is 0 Å². The molecule has 0 spiro atoms. The first-order valence-electron chi connectivity index (χ1n) is 5.55. The van der Waals surface area contributed by atoms with E-state index < -0.39 is 0 Å². The number of piperazine rings is 1. The Labute approximate surface area is 95.0 Å². The third kappa shape index (κ3) is 2.61. The first-order chi connectivity index (χ1) is 7.65. The van der Waals surface area contributed by atoms with E-state index in [1.165, 1.54) is 0 Å². The van der Waals surface area contributed by atoms with Crippen LogP contribution in [-0.2, 0) is 11.3 Å². The first-order valence-corrected chi connectivity index (χ1v) is 5.55. The van der Waals surface area contributed by atoms with Crippen LogP contribution in [0.15, 0.2) is 10.6 Å². The van der Waals surface area contributed by atoms with Gasteiger partial charge in [-0.15, -0.1) is 0 Å². The van der Waals surface area contributed by atoms with E-state index >= 15 is 0 Å². The molecule has 1 fully saturated rings. The molecule has 0 unspecified atom stereocenters. The molecule has 88 valence electrons. The average molecular weight is 223 g/mol. The quantitative estimate of drug-likeness (QED) is 0.738. The lowest BCUT2D eigenvalue weighted by Crippen LogP contribution is -2.47. The van der Waals surface area contributed by atoms with Crippen LogP contribution < -0.4 is 0 Å². The Balaban J connectivity index is 1.83. The molecule has 1 aromatic heterocycles. The van der Waals surface area contributed by atoms with Crippen molar-refractivity contribution in [3.8, 4) is 0 Å². The van der Waals surface area contributed by atoms with Gasteiger partial charge in [-0.3, -0.25) is 9.69 Å². The topological polar surface area (TPSA) is 49.6 Å². The molecule has 5 heteroatoms. The second-order valence-electron chi connectivity index (χ2n) is 4.21. The molecule has 1 amide bonds. The smallest absolute Gasteiger partial charge is 0.219 e. The van der Waals surface area contributed by atoms with Gasteiger partial charge in [0.05, 0.1) is 5.69 Å². The molecular formula is C11H17N3O2. The predicted molar refractivity (Wildman–Crippen MR) is 58.8 cm³/mol. The Morgan fingerprint density at radius 1 is 1.44 bits per heavy atom. The fraction of sp³-hybridized carbons (Fsp3) is 0.636. The summed E-state index contributed by atoms with van der Waals surface area (Å²) in [6.45, 7) is 7.76. The van der Waals surface area contributed by atoms with Gasteiger partial charge in [-0.25, -0.2) is 0 Å². The Morgan fingerprint density at radius 2 is 2.12 bits per heavy atom. The van der Waals surface area contributed by atoms with Crippen LogP contribution in [0.5, 0.6) is 0 Å². The monoisotopic (exact) mass is 223 g/mol. The Hall–Kier alpha value is -1.36. The highest BCUT2D eigenvalue weighted by molar-refractivity contribution is 5.73. The molecule has 0 atom stereocenters. The summed E-state index contributed by atoms with van der Waals surface area (Å²) in [5.74, 6) is 1.01. The summed E-state index contributed by atoms with van der Waals surface area (Å²) in [5, 5.41) is 3.97. The summed E-state index contributed by atoms with van der Waals surface area (Å²) in [6.07, 6.45) is 0. The van der Waals surface area contributed by atoms with E-state index in [1.54, 1.807) is 6.92 Å². The molecule has 0 saturated carbocycles. The summed E-state index contributed by atoms with van der Waals surface area (Å²) in [4.78, 5) is 15.3. The maximum absolute atomic E-state index is 11.1. The lowest BCUT2D eigenvalue weighted by atomic mass is 10.3. The van der Waals surface area contributed by atoms with Gasteiger partial charge < -0.3 is 9.42 Å².